The highest BCUT2D eigenvalue weighted by molar-refractivity contribution is 5.75. The maximum absolute atomic E-state index is 13.0. The Morgan fingerprint density at radius 2 is 1.62 bits per heavy atom. The molecule has 0 aliphatic rings. The summed E-state index contributed by atoms with van der Waals surface area (Å²) in [6.07, 6.45) is -10.1. The standard InChI is InChI=1S/C17H18F7N5O3/c1-31-6-7-32-5-4-28(3-2-18)15(30)29-26-14(25-27-29)11-8-12(16(19,20)21)10-13(9-11)17(22,23)24/h8-10H,2-7H2,1H3. The molecule has 32 heavy (non-hydrogen) atoms. The van der Waals surface area contributed by atoms with Gasteiger partial charge in [-0.05, 0) is 23.4 Å². The molecule has 2 aromatic rings. The quantitative estimate of drug-likeness (QED) is 0.411. The number of rotatable bonds is 9. The van der Waals surface area contributed by atoms with Crippen molar-refractivity contribution in [2.45, 2.75) is 12.4 Å². The lowest BCUT2D eigenvalue weighted by molar-refractivity contribution is -0.143. The van der Waals surface area contributed by atoms with Crippen LogP contribution in [0.15, 0.2) is 18.2 Å². The maximum Gasteiger partial charge on any atom is 0.416 e. The van der Waals surface area contributed by atoms with E-state index in [-0.39, 0.29) is 32.4 Å². The van der Waals surface area contributed by atoms with E-state index < -0.39 is 47.6 Å². The number of methoxy groups -OCH3 is 1. The molecule has 0 N–H and O–H groups in total. The number of tetrazole rings is 1. The summed E-state index contributed by atoms with van der Waals surface area (Å²) < 4.78 is 101. The molecule has 0 aliphatic heterocycles. The zero-order chi connectivity index (χ0) is 23.9. The smallest absolute Gasteiger partial charge is 0.382 e. The summed E-state index contributed by atoms with van der Waals surface area (Å²) in [7, 11) is 1.46. The summed E-state index contributed by atoms with van der Waals surface area (Å²) in [4.78, 5) is 13.8. The zero-order valence-electron chi connectivity index (χ0n) is 16.6. The monoisotopic (exact) mass is 473 g/mol. The van der Waals surface area contributed by atoms with Crippen molar-refractivity contribution in [2.75, 3.05) is 46.7 Å². The van der Waals surface area contributed by atoms with Crippen LogP contribution in [0.4, 0.5) is 35.5 Å². The highest BCUT2D eigenvalue weighted by Gasteiger charge is 2.37. The van der Waals surface area contributed by atoms with Crippen LogP contribution < -0.4 is 0 Å². The first-order valence-electron chi connectivity index (χ1n) is 8.99. The first-order chi connectivity index (χ1) is 15.0. The summed E-state index contributed by atoms with van der Waals surface area (Å²) in [6, 6.07) is -0.223. The molecule has 0 atom stereocenters. The van der Waals surface area contributed by atoms with Gasteiger partial charge in [0.2, 0.25) is 5.82 Å². The number of hydrogen-bond acceptors (Lipinski definition) is 6. The number of carbonyl (C=O) groups excluding carboxylic acids is 1. The predicted octanol–water partition coefficient (Wildman–Crippen LogP) is 3.28. The zero-order valence-corrected chi connectivity index (χ0v) is 16.6. The Labute approximate surface area is 176 Å². The van der Waals surface area contributed by atoms with Crippen LogP contribution in [0, 0.1) is 0 Å². The van der Waals surface area contributed by atoms with Crippen molar-refractivity contribution < 1.29 is 45.0 Å². The Morgan fingerprint density at radius 3 is 2.16 bits per heavy atom. The first-order valence-corrected chi connectivity index (χ1v) is 8.99. The van der Waals surface area contributed by atoms with Gasteiger partial charge in [-0.3, -0.25) is 0 Å². The summed E-state index contributed by atoms with van der Waals surface area (Å²) in [5, 5.41) is 10.3. The van der Waals surface area contributed by atoms with Crippen LogP contribution >= 0.6 is 0 Å². The molecule has 1 aromatic heterocycles. The average molecular weight is 473 g/mol. The van der Waals surface area contributed by atoms with Crippen molar-refractivity contribution in [1.82, 2.24) is 25.1 Å². The summed E-state index contributed by atoms with van der Waals surface area (Å²) >= 11 is 0. The van der Waals surface area contributed by atoms with E-state index in [2.05, 4.69) is 15.4 Å². The van der Waals surface area contributed by atoms with Gasteiger partial charge in [0.05, 0.1) is 37.5 Å². The minimum Gasteiger partial charge on any atom is -0.382 e. The van der Waals surface area contributed by atoms with Gasteiger partial charge in [0.15, 0.2) is 0 Å². The van der Waals surface area contributed by atoms with Crippen molar-refractivity contribution >= 4 is 6.03 Å². The lowest BCUT2D eigenvalue weighted by atomic mass is 10.0. The van der Waals surface area contributed by atoms with Crippen molar-refractivity contribution in [3.8, 4) is 11.4 Å². The molecule has 0 saturated carbocycles. The number of ether oxygens (including phenoxy) is 2. The molecular formula is C17H18F7N5O3. The maximum atomic E-state index is 13.0. The van der Waals surface area contributed by atoms with Crippen molar-refractivity contribution in [1.29, 1.82) is 0 Å². The van der Waals surface area contributed by atoms with Gasteiger partial charge in [0, 0.05) is 19.2 Å². The third-order valence-corrected chi connectivity index (χ3v) is 3.99. The van der Waals surface area contributed by atoms with E-state index >= 15 is 0 Å². The minimum atomic E-state index is -5.07. The van der Waals surface area contributed by atoms with Crippen LogP contribution in [-0.4, -0.2) is 77.8 Å². The number of benzene rings is 1. The van der Waals surface area contributed by atoms with E-state index in [1.54, 1.807) is 0 Å². The Balaban J connectivity index is 2.27. The van der Waals surface area contributed by atoms with Gasteiger partial charge in [-0.2, -0.15) is 26.3 Å². The molecule has 0 spiro atoms. The molecule has 1 aromatic carbocycles. The molecule has 0 bridgehead atoms. The number of halogens is 7. The second-order valence-corrected chi connectivity index (χ2v) is 6.26. The van der Waals surface area contributed by atoms with Crippen molar-refractivity contribution in [3.63, 3.8) is 0 Å². The van der Waals surface area contributed by atoms with Gasteiger partial charge in [-0.25, -0.2) is 9.18 Å². The molecule has 15 heteroatoms. The fourth-order valence-corrected chi connectivity index (χ4v) is 2.45. The largest absolute Gasteiger partial charge is 0.416 e. The van der Waals surface area contributed by atoms with Crippen LogP contribution in [0.5, 0.6) is 0 Å². The molecule has 178 valence electrons. The molecule has 0 aliphatic carbocycles. The number of carbonyl (C=O) groups is 1. The molecule has 1 heterocycles. The van der Waals surface area contributed by atoms with Crippen LogP contribution in [0.3, 0.4) is 0 Å². The van der Waals surface area contributed by atoms with E-state index in [0.29, 0.717) is 23.5 Å². The molecule has 2 rings (SSSR count). The highest BCUT2D eigenvalue weighted by Crippen LogP contribution is 2.37. The number of nitrogens with zero attached hydrogens (tertiary/aromatic N) is 5. The molecule has 0 radical (unpaired) electrons. The van der Waals surface area contributed by atoms with Crippen LogP contribution in [0.25, 0.3) is 11.4 Å². The van der Waals surface area contributed by atoms with E-state index in [0.717, 1.165) is 4.90 Å². The average Bonchev–Trinajstić information content (AvgIpc) is 3.21. The van der Waals surface area contributed by atoms with Gasteiger partial charge < -0.3 is 14.4 Å². The molecule has 8 nitrogen and oxygen atoms in total. The second-order valence-electron chi connectivity index (χ2n) is 6.26. The Hall–Kier alpha value is -2.81. The fourth-order valence-electron chi connectivity index (χ4n) is 2.45. The molecular weight excluding hydrogens is 455 g/mol. The Morgan fingerprint density at radius 1 is 1.00 bits per heavy atom. The Bertz CT molecular complexity index is 869. The molecule has 0 saturated heterocycles. The van der Waals surface area contributed by atoms with Crippen molar-refractivity contribution in [2.24, 2.45) is 0 Å². The minimum absolute atomic E-state index is 0.0131. The van der Waals surface area contributed by atoms with Crippen LogP contribution in [-0.2, 0) is 21.8 Å². The summed E-state index contributed by atoms with van der Waals surface area (Å²) in [5.41, 5.74) is -3.79. The number of hydrogen-bond donors (Lipinski definition) is 0. The van der Waals surface area contributed by atoms with E-state index in [4.69, 9.17) is 9.47 Å². The fraction of sp³-hybridized carbons (Fsp3) is 0.529. The van der Waals surface area contributed by atoms with Crippen LogP contribution in [0.2, 0.25) is 0 Å². The van der Waals surface area contributed by atoms with Gasteiger partial charge in [0.25, 0.3) is 0 Å². The molecule has 0 fully saturated rings. The predicted molar refractivity (Wildman–Crippen MR) is 94.3 cm³/mol. The second kappa shape index (κ2) is 10.7. The summed E-state index contributed by atoms with van der Waals surface area (Å²) in [5.74, 6) is -0.647. The van der Waals surface area contributed by atoms with E-state index in [1.807, 2.05) is 0 Å². The third-order valence-electron chi connectivity index (χ3n) is 3.99. The highest BCUT2D eigenvalue weighted by atomic mass is 19.4. The van der Waals surface area contributed by atoms with E-state index in [1.165, 1.54) is 7.11 Å². The SMILES string of the molecule is COCCOCCN(CCF)C(=O)n1nnc(-c2cc(C(F)(F)F)cc(C(F)(F)F)c2)n1. The lowest BCUT2D eigenvalue weighted by Crippen LogP contribution is -2.39. The molecule has 1 amide bonds. The topological polar surface area (TPSA) is 82.4 Å². The number of amides is 1. The third kappa shape index (κ3) is 6.85. The summed E-state index contributed by atoms with van der Waals surface area (Å²) in [6.45, 7) is -0.845. The van der Waals surface area contributed by atoms with Crippen LogP contribution in [0.1, 0.15) is 11.1 Å². The first kappa shape index (κ1) is 25.5. The number of alkyl halides is 7. The van der Waals surface area contributed by atoms with Gasteiger partial charge in [-0.15, -0.1) is 10.2 Å². The van der Waals surface area contributed by atoms with Gasteiger partial charge in [0.1, 0.15) is 6.67 Å². The Kier molecular flexibility index (Phi) is 8.49. The van der Waals surface area contributed by atoms with Gasteiger partial charge in [-0.1, -0.05) is 4.80 Å². The normalized spacial score (nSPS) is 12.2. The van der Waals surface area contributed by atoms with E-state index in [9.17, 15) is 35.5 Å². The van der Waals surface area contributed by atoms with Crippen molar-refractivity contribution in [3.05, 3.63) is 29.3 Å². The molecule has 0 unspecified atom stereocenters. The lowest BCUT2D eigenvalue weighted by Gasteiger charge is -2.19. The number of aromatic nitrogens is 4. The van der Waals surface area contributed by atoms with Gasteiger partial charge >= 0.3 is 18.4 Å².